The molecule has 1 unspecified atom stereocenters. The molecule has 0 aliphatic heterocycles. The zero-order valence-corrected chi connectivity index (χ0v) is 13.4. The van der Waals surface area contributed by atoms with E-state index in [4.69, 9.17) is 11.6 Å². The Hall–Kier alpha value is -1.39. The standard InChI is InChI=1S/C16H17ClN2OS/c1-2-11-8-10(9-15(17)18-11)16(20)19-13-4-3-5-14-12(13)6-7-21-14/h6-9,13H,2-5H2,1H3,(H,19,20). The fourth-order valence-electron chi connectivity index (χ4n) is 2.74. The van der Waals surface area contributed by atoms with Gasteiger partial charge in [0.2, 0.25) is 0 Å². The Morgan fingerprint density at radius 1 is 1.52 bits per heavy atom. The Bertz CT molecular complexity index is 668. The summed E-state index contributed by atoms with van der Waals surface area (Å²) in [6.07, 6.45) is 4.00. The average Bonchev–Trinajstić information content (AvgIpc) is 2.96. The van der Waals surface area contributed by atoms with Crippen LogP contribution >= 0.6 is 22.9 Å². The smallest absolute Gasteiger partial charge is 0.251 e. The third-order valence-electron chi connectivity index (χ3n) is 3.83. The molecule has 1 aliphatic rings. The fraction of sp³-hybridized carbons (Fsp3) is 0.375. The lowest BCUT2D eigenvalue weighted by Gasteiger charge is -2.23. The van der Waals surface area contributed by atoms with Crippen molar-refractivity contribution >= 4 is 28.8 Å². The molecule has 1 atom stereocenters. The van der Waals surface area contributed by atoms with Crippen LogP contribution in [0.3, 0.4) is 0 Å². The summed E-state index contributed by atoms with van der Waals surface area (Å²) in [4.78, 5) is 18.1. The molecule has 0 saturated heterocycles. The van der Waals surface area contributed by atoms with E-state index in [0.29, 0.717) is 10.7 Å². The first kappa shape index (κ1) is 14.5. The van der Waals surface area contributed by atoms with E-state index in [9.17, 15) is 4.79 Å². The number of hydrogen-bond acceptors (Lipinski definition) is 3. The van der Waals surface area contributed by atoms with Crippen molar-refractivity contribution in [3.05, 3.63) is 50.4 Å². The summed E-state index contributed by atoms with van der Waals surface area (Å²) in [5.41, 5.74) is 2.71. The molecule has 5 heteroatoms. The Kier molecular flexibility index (Phi) is 4.27. The monoisotopic (exact) mass is 320 g/mol. The van der Waals surface area contributed by atoms with Gasteiger partial charge in [0.15, 0.2) is 0 Å². The quantitative estimate of drug-likeness (QED) is 0.863. The maximum absolute atomic E-state index is 12.5. The summed E-state index contributed by atoms with van der Waals surface area (Å²) in [7, 11) is 0. The molecule has 0 fully saturated rings. The Morgan fingerprint density at radius 2 is 2.38 bits per heavy atom. The Labute approximate surface area is 133 Å². The van der Waals surface area contributed by atoms with Gasteiger partial charge in [0.25, 0.3) is 5.91 Å². The van der Waals surface area contributed by atoms with E-state index in [1.54, 1.807) is 17.4 Å². The number of amides is 1. The van der Waals surface area contributed by atoms with E-state index in [1.807, 2.05) is 13.0 Å². The van der Waals surface area contributed by atoms with Crippen molar-refractivity contribution in [2.24, 2.45) is 0 Å². The minimum Gasteiger partial charge on any atom is -0.345 e. The Morgan fingerprint density at radius 3 is 3.19 bits per heavy atom. The van der Waals surface area contributed by atoms with E-state index in [0.717, 1.165) is 31.4 Å². The highest BCUT2D eigenvalue weighted by Gasteiger charge is 2.23. The molecule has 3 nitrogen and oxygen atoms in total. The zero-order chi connectivity index (χ0) is 14.8. The van der Waals surface area contributed by atoms with Crippen LogP contribution in [0.5, 0.6) is 0 Å². The first-order chi connectivity index (χ1) is 10.2. The number of thiophene rings is 1. The maximum Gasteiger partial charge on any atom is 0.251 e. The summed E-state index contributed by atoms with van der Waals surface area (Å²) >= 11 is 7.77. The molecule has 0 aromatic carbocycles. The van der Waals surface area contributed by atoms with Crippen LogP contribution in [-0.2, 0) is 12.8 Å². The molecule has 2 aromatic heterocycles. The van der Waals surface area contributed by atoms with Crippen LogP contribution in [0.25, 0.3) is 0 Å². The van der Waals surface area contributed by atoms with Gasteiger partial charge in [-0.2, -0.15) is 0 Å². The lowest BCUT2D eigenvalue weighted by atomic mass is 9.94. The molecule has 2 heterocycles. The number of aryl methyl sites for hydroxylation is 2. The predicted molar refractivity (Wildman–Crippen MR) is 86.1 cm³/mol. The van der Waals surface area contributed by atoms with Gasteiger partial charge in [0.1, 0.15) is 5.15 Å². The van der Waals surface area contributed by atoms with E-state index < -0.39 is 0 Å². The van der Waals surface area contributed by atoms with Gasteiger partial charge in [-0.25, -0.2) is 4.98 Å². The molecule has 1 amide bonds. The number of pyridine rings is 1. The van der Waals surface area contributed by atoms with Crippen LogP contribution in [0.2, 0.25) is 5.15 Å². The lowest BCUT2D eigenvalue weighted by molar-refractivity contribution is 0.0932. The average molecular weight is 321 g/mol. The van der Waals surface area contributed by atoms with Crippen LogP contribution < -0.4 is 5.32 Å². The number of carbonyl (C=O) groups excluding carboxylic acids is 1. The normalized spacial score (nSPS) is 17.3. The first-order valence-corrected chi connectivity index (χ1v) is 8.46. The van der Waals surface area contributed by atoms with Gasteiger partial charge in [-0.1, -0.05) is 18.5 Å². The second-order valence-corrected chi connectivity index (χ2v) is 6.63. The second-order valence-electron chi connectivity index (χ2n) is 5.24. The van der Waals surface area contributed by atoms with Gasteiger partial charge in [-0.3, -0.25) is 4.79 Å². The van der Waals surface area contributed by atoms with E-state index >= 15 is 0 Å². The summed E-state index contributed by atoms with van der Waals surface area (Å²) in [6, 6.07) is 5.69. The van der Waals surface area contributed by atoms with Gasteiger partial charge < -0.3 is 5.32 Å². The van der Waals surface area contributed by atoms with Crippen molar-refractivity contribution in [3.8, 4) is 0 Å². The highest BCUT2D eigenvalue weighted by atomic mass is 35.5. The van der Waals surface area contributed by atoms with Crippen molar-refractivity contribution in [3.63, 3.8) is 0 Å². The summed E-state index contributed by atoms with van der Waals surface area (Å²) in [5, 5.41) is 5.62. The molecule has 2 aromatic rings. The van der Waals surface area contributed by atoms with Crippen molar-refractivity contribution in [1.82, 2.24) is 10.3 Å². The lowest BCUT2D eigenvalue weighted by Crippen LogP contribution is -2.30. The van der Waals surface area contributed by atoms with Gasteiger partial charge in [-0.05, 0) is 54.8 Å². The van der Waals surface area contributed by atoms with Crippen LogP contribution in [-0.4, -0.2) is 10.9 Å². The molecule has 3 rings (SSSR count). The van der Waals surface area contributed by atoms with Crippen LogP contribution in [0, 0.1) is 0 Å². The number of carbonyl (C=O) groups is 1. The minimum atomic E-state index is -0.0712. The SMILES string of the molecule is CCc1cc(C(=O)NC2CCCc3sccc32)cc(Cl)n1. The topological polar surface area (TPSA) is 42.0 Å². The molecule has 21 heavy (non-hydrogen) atoms. The van der Waals surface area contributed by atoms with Crippen LogP contribution in [0.4, 0.5) is 0 Å². The number of halogens is 1. The first-order valence-electron chi connectivity index (χ1n) is 7.21. The van der Waals surface area contributed by atoms with Gasteiger partial charge in [0.05, 0.1) is 6.04 Å². The molecule has 110 valence electrons. The van der Waals surface area contributed by atoms with Crippen LogP contribution in [0.15, 0.2) is 23.6 Å². The van der Waals surface area contributed by atoms with E-state index in [-0.39, 0.29) is 11.9 Å². The zero-order valence-electron chi connectivity index (χ0n) is 11.9. The van der Waals surface area contributed by atoms with Crippen LogP contribution in [0.1, 0.15) is 52.3 Å². The summed E-state index contributed by atoms with van der Waals surface area (Å²) in [5.74, 6) is -0.0712. The Balaban J connectivity index is 1.80. The second kappa shape index (κ2) is 6.16. The van der Waals surface area contributed by atoms with Crippen molar-refractivity contribution in [1.29, 1.82) is 0 Å². The molecule has 0 saturated carbocycles. The number of rotatable bonds is 3. The number of hydrogen-bond donors (Lipinski definition) is 1. The van der Waals surface area contributed by atoms with Crippen molar-refractivity contribution < 1.29 is 4.79 Å². The van der Waals surface area contributed by atoms with Crippen molar-refractivity contribution in [2.45, 2.75) is 38.6 Å². The fourth-order valence-corrected chi connectivity index (χ4v) is 3.95. The highest BCUT2D eigenvalue weighted by Crippen LogP contribution is 2.33. The van der Waals surface area contributed by atoms with Crippen molar-refractivity contribution in [2.75, 3.05) is 0 Å². The number of nitrogens with zero attached hydrogens (tertiary/aromatic N) is 1. The summed E-state index contributed by atoms with van der Waals surface area (Å²) < 4.78 is 0. The number of fused-ring (bicyclic) bond motifs is 1. The van der Waals surface area contributed by atoms with E-state index in [1.165, 1.54) is 10.4 Å². The molecular weight excluding hydrogens is 304 g/mol. The summed E-state index contributed by atoms with van der Waals surface area (Å²) in [6.45, 7) is 2.00. The molecule has 0 bridgehead atoms. The number of nitrogens with one attached hydrogen (secondary N) is 1. The molecule has 0 spiro atoms. The highest BCUT2D eigenvalue weighted by molar-refractivity contribution is 7.10. The van der Waals surface area contributed by atoms with E-state index in [2.05, 4.69) is 21.7 Å². The molecule has 0 radical (unpaired) electrons. The number of aromatic nitrogens is 1. The molecular formula is C16H17ClN2OS. The maximum atomic E-state index is 12.5. The third kappa shape index (κ3) is 3.11. The molecule has 1 N–H and O–H groups in total. The minimum absolute atomic E-state index is 0.0712. The van der Waals surface area contributed by atoms with Gasteiger partial charge in [0, 0.05) is 16.1 Å². The van der Waals surface area contributed by atoms with Gasteiger partial charge >= 0.3 is 0 Å². The largest absolute Gasteiger partial charge is 0.345 e. The predicted octanol–water partition coefficient (Wildman–Crippen LogP) is 4.17. The van der Waals surface area contributed by atoms with Gasteiger partial charge in [-0.15, -0.1) is 11.3 Å². The third-order valence-corrected chi connectivity index (χ3v) is 5.02. The molecule has 1 aliphatic carbocycles.